The van der Waals surface area contributed by atoms with E-state index in [1.54, 1.807) is 25.6 Å². The standard InChI is InChI=1S/C14H19N3O2S/c1-18-7-6-15-10-14-17-16-13(20-14)9-11-4-3-5-12(8-11)19-2/h3-5,8,15H,6-7,9-10H2,1-2H3. The number of methoxy groups -OCH3 is 2. The van der Waals surface area contributed by atoms with Crippen LogP contribution in [-0.4, -0.2) is 37.6 Å². The molecule has 1 aromatic heterocycles. The van der Waals surface area contributed by atoms with Crippen molar-refractivity contribution in [1.82, 2.24) is 15.5 Å². The molecule has 0 aliphatic heterocycles. The molecule has 1 heterocycles. The minimum Gasteiger partial charge on any atom is -0.497 e. The molecule has 0 bridgehead atoms. The zero-order valence-electron chi connectivity index (χ0n) is 11.8. The van der Waals surface area contributed by atoms with Crippen molar-refractivity contribution in [3.8, 4) is 5.75 Å². The lowest BCUT2D eigenvalue weighted by molar-refractivity contribution is 0.199. The Kier molecular flexibility index (Phi) is 5.91. The lowest BCUT2D eigenvalue weighted by Crippen LogP contribution is -2.18. The monoisotopic (exact) mass is 293 g/mol. The second-order valence-corrected chi connectivity index (χ2v) is 5.43. The van der Waals surface area contributed by atoms with Crippen LogP contribution in [0.5, 0.6) is 5.75 Å². The normalized spacial score (nSPS) is 10.7. The first-order valence-electron chi connectivity index (χ1n) is 6.45. The van der Waals surface area contributed by atoms with Gasteiger partial charge >= 0.3 is 0 Å². The van der Waals surface area contributed by atoms with Crippen molar-refractivity contribution in [3.63, 3.8) is 0 Å². The van der Waals surface area contributed by atoms with Crippen molar-refractivity contribution in [1.29, 1.82) is 0 Å². The van der Waals surface area contributed by atoms with Crippen molar-refractivity contribution in [2.24, 2.45) is 0 Å². The first kappa shape index (κ1) is 14.9. The quantitative estimate of drug-likeness (QED) is 0.753. The van der Waals surface area contributed by atoms with Gasteiger partial charge in [-0.3, -0.25) is 0 Å². The highest BCUT2D eigenvalue weighted by molar-refractivity contribution is 7.11. The second-order valence-electron chi connectivity index (χ2n) is 4.29. The zero-order chi connectivity index (χ0) is 14.2. The predicted molar refractivity (Wildman–Crippen MR) is 79.3 cm³/mol. The van der Waals surface area contributed by atoms with E-state index in [9.17, 15) is 0 Å². The summed E-state index contributed by atoms with van der Waals surface area (Å²) in [6.07, 6.45) is 0.785. The van der Waals surface area contributed by atoms with Gasteiger partial charge in [-0.25, -0.2) is 0 Å². The molecule has 5 nitrogen and oxygen atoms in total. The number of nitrogens with one attached hydrogen (secondary N) is 1. The van der Waals surface area contributed by atoms with Gasteiger partial charge in [-0.2, -0.15) is 0 Å². The van der Waals surface area contributed by atoms with Crippen molar-refractivity contribution in [3.05, 3.63) is 39.8 Å². The van der Waals surface area contributed by atoms with Gasteiger partial charge in [0.25, 0.3) is 0 Å². The highest BCUT2D eigenvalue weighted by atomic mass is 32.1. The molecule has 0 amide bonds. The summed E-state index contributed by atoms with van der Waals surface area (Å²) >= 11 is 1.63. The number of aromatic nitrogens is 2. The van der Waals surface area contributed by atoms with Gasteiger partial charge in [0.1, 0.15) is 15.8 Å². The van der Waals surface area contributed by atoms with Crippen LogP contribution < -0.4 is 10.1 Å². The van der Waals surface area contributed by atoms with Crippen LogP contribution in [0.3, 0.4) is 0 Å². The molecule has 1 aromatic carbocycles. The molecule has 0 saturated heterocycles. The van der Waals surface area contributed by atoms with Crippen molar-refractivity contribution in [2.45, 2.75) is 13.0 Å². The van der Waals surface area contributed by atoms with Crippen LogP contribution in [0.1, 0.15) is 15.6 Å². The third-order valence-electron chi connectivity index (χ3n) is 2.76. The van der Waals surface area contributed by atoms with E-state index in [1.807, 2.05) is 18.2 Å². The van der Waals surface area contributed by atoms with Gasteiger partial charge in [-0.05, 0) is 17.7 Å². The van der Waals surface area contributed by atoms with E-state index in [2.05, 4.69) is 21.6 Å². The number of nitrogens with zero attached hydrogens (tertiary/aromatic N) is 2. The minimum atomic E-state index is 0.704. The van der Waals surface area contributed by atoms with Gasteiger partial charge in [0.05, 0.1) is 13.7 Å². The van der Waals surface area contributed by atoms with Gasteiger partial charge in [-0.1, -0.05) is 23.5 Å². The Morgan fingerprint density at radius 3 is 2.85 bits per heavy atom. The molecule has 108 valence electrons. The molecule has 0 aliphatic carbocycles. The molecule has 0 fully saturated rings. The average molecular weight is 293 g/mol. The molecule has 20 heavy (non-hydrogen) atoms. The number of ether oxygens (including phenoxy) is 2. The maximum Gasteiger partial charge on any atom is 0.131 e. The van der Waals surface area contributed by atoms with Crippen LogP contribution >= 0.6 is 11.3 Å². The first-order valence-corrected chi connectivity index (χ1v) is 7.27. The van der Waals surface area contributed by atoms with Crippen LogP contribution in [-0.2, 0) is 17.7 Å². The van der Waals surface area contributed by atoms with Crippen LogP contribution in [0.2, 0.25) is 0 Å². The lowest BCUT2D eigenvalue weighted by atomic mass is 10.1. The van der Waals surface area contributed by atoms with Crippen LogP contribution in [0.15, 0.2) is 24.3 Å². The van der Waals surface area contributed by atoms with Gasteiger partial charge in [0, 0.05) is 26.6 Å². The molecule has 1 N–H and O–H groups in total. The third-order valence-corrected chi connectivity index (χ3v) is 3.68. The fraction of sp³-hybridized carbons (Fsp3) is 0.429. The summed E-state index contributed by atoms with van der Waals surface area (Å²) in [5.41, 5.74) is 1.18. The fourth-order valence-electron chi connectivity index (χ4n) is 1.76. The number of rotatable bonds is 8. The molecule has 6 heteroatoms. The van der Waals surface area contributed by atoms with Crippen LogP contribution in [0.4, 0.5) is 0 Å². The third kappa shape index (κ3) is 4.56. The van der Waals surface area contributed by atoms with Crippen LogP contribution in [0.25, 0.3) is 0 Å². The SMILES string of the molecule is COCCNCc1nnc(Cc2cccc(OC)c2)s1. The Morgan fingerprint density at radius 2 is 2.05 bits per heavy atom. The Morgan fingerprint density at radius 1 is 1.20 bits per heavy atom. The largest absolute Gasteiger partial charge is 0.497 e. The summed E-state index contributed by atoms with van der Waals surface area (Å²) in [6.45, 7) is 2.26. The van der Waals surface area contributed by atoms with Gasteiger partial charge in [-0.15, -0.1) is 10.2 Å². The molecule has 0 atom stereocenters. The Hall–Kier alpha value is -1.50. The van der Waals surface area contributed by atoms with E-state index < -0.39 is 0 Å². The number of hydrogen-bond acceptors (Lipinski definition) is 6. The summed E-state index contributed by atoms with van der Waals surface area (Å²) < 4.78 is 10.2. The van der Waals surface area contributed by atoms with E-state index >= 15 is 0 Å². The molecular weight excluding hydrogens is 274 g/mol. The minimum absolute atomic E-state index is 0.704. The average Bonchev–Trinajstić information content (AvgIpc) is 2.91. The second kappa shape index (κ2) is 7.94. The first-order chi connectivity index (χ1) is 9.81. The fourth-order valence-corrected chi connectivity index (χ4v) is 2.61. The molecule has 0 unspecified atom stereocenters. The highest BCUT2D eigenvalue weighted by Gasteiger charge is 2.05. The lowest BCUT2D eigenvalue weighted by Gasteiger charge is -2.02. The summed E-state index contributed by atoms with van der Waals surface area (Å²) in [7, 11) is 3.37. The molecule has 0 spiro atoms. The van der Waals surface area contributed by atoms with Gasteiger partial charge in [0.2, 0.25) is 0 Å². The highest BCUT2D eigenvalue weighted by Crippen LogP contribution is 2.18. The number of benzene rings is 1. The molecule has 0 radical (unpaired) electrons. The van der Waals surface area contributed by atoms with E-state index in [0.29, 0.717) is 6.61 Å². The van der Waals surface area contributed by atoms with E-state index in [4.69, 9.17) is 9.47 Å². The Bertz CT molecular complexity index is 531. The maximum absolute atomic E-state index is 5.22. The van der Waals surface area contributed by atoms with Gasteiger partial charge < -0.3 is 14.8 Å². The molecule has 2 rings (SSSR count). The van der Waals surface area contributed by atoms with Crippen molar-refractivity contribution >= 4 is 11.3 Å². The predicted octanol–water partition coefficient (Wildman–Crippen LogP) is 1.87. The van der Waals surface area contributed by atoms with Crippen LogP contribution in [0, 0.1) is 0 Å². The molecular formula is C14H19N3O2S. The Balaban J connectivity index is 1.88. The zero-order valence-corrected chi connectivity index (χ0v) is 12.6. The van der Waals surface area contributed by atoms with Crippen molar-refractivity contribution in [2.75, 3.05) is 27.4 Å². The number of hydrogen-bond donors (Lipinski definition) is 1. The van der Waals surface area contributed by atoms with Gasteiger partial charge in [0.15, 0.2) is 0 Å². The summed E-state index contributed by atoms with van der Waals surface area (Å²) in [5, 5.41) is 13.7. The van der Waals surface area contributed by atoms with Crippen molar-refractivity contribution < 1.29 is 9.47 Å². The molecule has 0 aliphatic rings. The Labute approximate surface area is 123 Å². The maximum atomic E-state index is 5.22. The smallest absolute Gasteiger partial charge is 0.131 e. The van der Waals surface area contributed by atoms with E-state index in [0.717, 1.165) is 35.3 Å². The summed E-state index contributed by atoms with van der Waals surface area (Å²) in [5.74, 6) is 0.869. The summed E-state index contributed by atoms with van der Waals surface area (Å²) in [6, 6.07) is 8.02. The molecule has 2 aromatic rings. The van der Waals surface area contributed by atoms with E-state index in [1.165, 1.54) is 5.56 Å². The summed E-state index contributed by atoms with van der Waals surface area (Å²) in [4.78, 5) is 0. The topological polar surface area (TPSA) is 56.3 Å². The molecule has 0 saturated carbocycles. The van der Waals surface area contributed by atoms with E-state index in [-0.39, 0.29) is 0 Å².